The summed E-state index contributed by atoms with van der Waals surface area (Å²) in [4.78, 5) is 14.9. The van der Waals surface area contributed by atoms with Crippen LogP contribution in [-0.2, 0) is 14.6 Å². The highest BCUT2D eigenvalue weighted by atomic mass is 35.5. The Hall–Kier alpha value is -2.25. The first-order valence-corrected chi connectivity index (χ1v) is 10.0. The molecule has 8 heteroatoms. The zero-order chi connectivity index (χ0) is 20.1. The van der Waals surface area contributed by atoms with Gasteiger partial charge in [0.2, 0.25) is 9.84 Å². The molecule has 0 bridgehead atoms. The predicted octanol–water partition coefficient (Wildman–Crippen LogP) is 4.45. The van der Waals surface area contributed by atoms with Crippen LogP contribution in [0.25, 0.3) is 0 Å². The monoisotopic (exact) mass is 409 g/mol. The van der Waals surface area contributed by atoms with Gasteiger partial charge in [-0.2, -0.15) is 0 Å². The quantitative estimate of drug-likeness (QED) is 0.796. The highest BCUT2D eigenvalue weighted by molar-refractivity contribution is 7.95. The van der Waals surface area contributed by atoms with Gasteiger partial charge in [-0.05, 0) is 55.7 Å². The number of sulfone groups is 1. The number of carboxylic acids is 1. The Kier molecular flexibility index (Phi) is 4.86. The number of allylic oxidation sites excluding steroid dienone is 4. The number of carboxylic acid groups (broad SMARTS) is 1. The minimum Gasteiger partial charge on any atom is -0.481 e. The number of rotatable bonds is 4. The van der Waals surface area contributed by atoms with E-state index in [4.69, 9.17) is 11.6 Å². The minimum absolute atomic E-state index is 0.0593. The van der Waals surface area contributed by atoms with Crippen molar-refractivity contribution in [2.24, 2.45) is 4.99 Å². The van der Waals surface area contributed by atoms with Gasteiger partial charge in [0.15, 0.2) is 0 Å². The third-order valence-electron chi connectivity index (χ3n) is 4.59. The molecule has 0 unspecified atom stereocenters. The summed E-state index contributed by atoms with van der Waals surface area (Å²) in [6, 6.07) is 2.92. The van der Waals surface area contributed by atoms with Crippen LogP contribution in [0.2, 0.25) is 5.02 Å². The maximum Gasteiger partial charge on any atom is 0.307 e. The smallest absolute Gasteiger partial charge is 0.307 e. The molecule has 1 aromatic carbocycles. The summed E-state index contributed by atoms with van der Waals surface area (Å²) >= 11 is 6.06. The third kappa shape index (κ3) is 3.26. The molecular formula is C19H17ClFNO4S. The van der Waals surface area contributed by atoms with E-state index in [0.717, 1.165) is 6.08 Å². The van der Waals surface area contributed by atoms with Crippen LogP contribution in [0.15, 0.2) is 55.7 Å². The van der Waals surface area contributed by atoms with E-state index in [1.54, 1.807) is 20.8 Å². The number of benzene rings is 1. The Bertz CT molecular complexity index is 1110. The van der Waals surface area contributed by atoms with E-state index < -0.39 is 33.0 Å². The second kappa shape index (κ2) is 6.73. The van der Waals surface area contributed by atoms with E-state index in [9.17, 15) is 22.7 Å². The summed E-state index contributed by atoms with van der Waals surface area (Å²) in [6.45, 7) is 4.83. The van der Waals surface area contributed by atoms with Crippen LogP contribution in [0.5, 0.6) is 0 Å². The largest absolute Gasteiger partial charge is 0.481 e. The molecule has 1 aliphatic carbocycles. The van der Waals surface area contributed by atoms with Crippen molar-refractivity contribution in [1.82, 2.24) is 0 Å². The molecule has 1 N–H and O–H groups in total. The second-order valence-corrected chi connectivity index (χ2v) is 8.79. The van der Waals surface area contributed by atoms with Gasteiger partial charge in [-0.3, -0.25) is 9.79 Å². The molecule has 0 fully saturated rings. The van der Waals surface area contributed by atoms with Gasteiger partial charge in [-0.25, -0.2) is 12.8 Å². The highest BCUT2D eigenvalue weighted by Crippen LogP contribution is 2.42. The van der Waals surface area contributed by atoms with Crippen molar-refractivity contribution in [1.29, 1.82) is 0 Å². The summed E-state index contributed by atoms with van der Waals surface area (Å²) in [7, 11) is -4.26. The van der Waals surface area contributed by atoms with Crippen LogP contribution in [0, 0.1) is 13.8 Å². The van der Waals surface area contributed by atoms with Gasteiger partial charge >= 0.3 is 5.97 Å². The summed E-state index contributed by atoms with van der Waals surface area (Å²) in [5.41, 5.74) is 1.98. The molecule has 3 rings (SSSR count). The van der Waals surface area contributed by atoms with Gasteiger partial charge in [-0.1, -0.05) is 11.6 Å². The number of carbonyl (C=O) groups is 1. The SMILES string of the molecule is CC1=C(CC(=O)O)C2=C(S(=O)(=O)c3cc(C)c(Cl)cc3C)C(F)=CCC2=N1. The van der Waals surface area contributed by atoms with Crippen LogP contribution in [0.4, 0.5) is 4.39 Å². The summed E-state index contributed by atoms with van der Waals surface area (Å²) < 4.78 is 41.5. The summed E-state index contributed by atoms with van der Waals surface area (Å²) in [5, 5.41) is 9.60. The average Bonchev–Trinajstić information content (AvgIpc) is 2.86. The third-order valence-corrected chi connectivity index (χ3v) is 6.95. The van der Waals surface area contributed by atoms with Crippen LogP contribution >= 0.6 is 11.6 Å². The Labute approximate surface area is 161 Å². The van der Waals surface area contributed by atoms with Crippen molar-refractivity contribution < 1.29 is 22.7 Å². The highest BCUT2D eigenvalue weighted by Gasteiger charge is 2.38. The molecule has 0 aromatic heterocycles. The standard InChI is InChI=1S/C19H17ClFNO4S/c1-9-7-16(10(2)6-13(9)20)27(25,26)19-14(21)4-5-15-18(19)12(8-17(23)24)11(3)22-15/h4,6-7H,5,8H2,1-3H3,(H,23,24). The molecule has 0 amide bonds. The van der Waals surface area contributed by atoms with E-state index >= 15 is 0 Å². The van der Waals surface area contributed by atoms with Crippen molar-refractivity contribution >= 4 is 33.1 Å². The molecule has 0 saturated heterocycles. The molecule has 1 aliphatic heterocycles. The molecular weight excluding hydrogens is 393 g/mol. The molecule has 2 aliphatic rings. The fourth-order valence-corrected chi connectivity index (χ4v) is 5.38. The Morgan fingerprint density at radius 3 is 2.56 bits per heavy atom. The van der Waals surface area contributed by atoms with Crippen molar-refractivity contribution in [3.05, 3.63) is 61.9 Å². The lowest BCUT2D eigenvalue weighted by Crippen LogP contribution is -2.18. The molecule has 1 heterocycles. The molecule has 0 radical (unpaired) electrons. The van der Waals surface area contributed by atoms with Crippen molar-refractivity contribution in [2.75, 3.05) is 0 Å². The lowest BCUT2D eigenvalue weighted by Gasteiger charge is -2.19. The number of hydrogen-bond acceptors (Lipinski definition) is 4. The first-order valence-electron chi connectivity index (χ1n) is 8.16. The normalized spacial score (nSPS) is 17.1. The fourth-order valence-electron chi connectivity index (χ4n) is 3.28. The van der Waals surface area contributed by atoms with E-state index in [-0.39, 0.29) is 22.5 Å². The lowest BCUT2D eigenvalue weighted by atomic mass is 9.94. The predicted molar refractivity (Wildman–Crippen MR) is 101 cm³/mol. The fraction of sp³-hybridized carbons (Fsp3) is 0.263. The number of halogens is 2. The number of nitrogens with zero attached hydrogens (tertiary/aromatic N) is 1. The van der Waals surface area contributed by atoms with E-state index in [2.05, 4.69) is 4.99 Å². The maximum atomic E-state index is 14.8. The maximum absolute atomic E-state index is 14.8. The molecule has 0 saturated carbocycles. The van der Waals surface area contributed by atoms with Crippen LogP contribution < -0.4 is 0 Å². The van der Waals surface area contributed by atoms with Gasteiger partial charge in [-0.15, -0.1) is 0 Å². The second-order valence-electron chi connectivity index (χ2n) is 6.52. The number of hydrogen-bond donors (Lipinski definition) is 1. The lowest BCUT2D eigenvalue weighted by molar-refractivity contribution is -0.136. The molecule has 0 atom stereocenters. The zero-order valence-corrected chi connectivity index (χ0v) is 16.5. The van der Waals surface area contributed by atoms with Gasteiger partial charge < -0.3 is 5.11 Å². The minimum atomic E-state index is -4.26. The molecule has 27 heavy (non-hydrogen) atoms. The van der Waals surface area contributed by atoms with Gasteiger partial charge in [0.05, 0.1) is 17.0 Å². The summed E-state index contributed by atoms with van der Waals surface area (Å²) in [5.74, 6) is -2.04. The first kappa shape index (κ1) is 19.5. The number of aliphatic carboxylic acids is 1. The Balaban J connectivity index is 2.31. The van der Waals surface area contributed by atoms with Crippen molar-refractivity contribution in [3.63, 3.8) is 0 Å². The number of fused-ring (bicyclic) bond motifs is 1. The van der Waals surface area contributed by atoms with Gasteiger partial charge in [0.1, 0.15) is 10.7 Å². The van der Waals surface area contributed by atoms with Crippen molar-refractivity contribution in [2.45, 2.75) is 38.5 Å². The van der Waals surface area contributed by atoms with Crippen LogP contribution in [0.3, 0.4) is 0 Å². The topological polar surface area (TPSA) is 83.8 Å². The first-order chi connectivity index (χ1) is 12.5. The van der Waals surface area contributed by atoms with Gasteiger partial charge in [0.25, 0.3) is 0 Å². The summed E-state index contributed by atoms with van der Waals surface area (Å²) in [6.07, 6.45) is 0.836. The van der Waals surface area contributed by atoms with Crippen LogP contribution in [0.1, 0.15) is 30.9 Å². The van der Waals surface area contributed by atoms with E-state index in [1.165, 1.54) is 12.1 Å². The zero-order valence-electron chi connectivity index (χ0n) is 14.9. The number of aryl methyl sites for hydroxylation is 2. The average molecular weight is 410 g/mol. The van der Waals surface area contributed by atoms with Gasteiger partial charge in [0, 0.05) is 22.7 Å². The molecule has 142 valence electrons. The Morgan fingerprint density at radius 2 is 1.93 bits per heavy atom. The van der Waals surface area contributed by atoms with Crippen molar-refractivity contribution in [3.8, 4) is 0 Å². The van der Waals surface area contributed by atoms with Crippen LogP contribution in [-0.4, -0.2) is 25.2 Å². The molecule has 0 spiro atoms. The van der Waals surface area contributed by atoms with E-state index in [0.29, 0.717) is 27.6 Å². The molecule has 1 aromatic rings. The number of aliphatic imine (C=N–C) groups is 1. The Morgan fingerprint density at radius 1 is 1.26 bits per heavy atom. The molecule has 5 nitrogen and oxygen atoms in total. The van der Waals surface area contributed by atoms with E-state index in [1.807, 2.05) is 0 Å².